The molecule has 0 spiro atoms. The number of nitrogens with one attached hydrogen (secondary N) is 1. The molecule has 2 bridgehead atoms. The third-order valence-electron chi connectivity index (χ3n) is 5.01. The summed E-state index contributed by atoms with van der Waals surface area (Å²) in [7, 11) is 2.18. The van der Waals surface area contributed by atoms with Gasteiger partial charge in [-0.3, -0.25) is 0 Å². The van der Waals surface area contributed by atoms with Gasteiger partial charge in [-0.05, 0) is 0 Å². The zero-order valence-electron chi connectivity index (χ0n) is 9.58. The molecule has 2 rings (SSSR count). The van der Waals surface area contributed by atoms with Gasteiger partial charge in [0.05, 0.1) is 0 Å². The van der Waals surface area contributed by atoms with E-state index in [9.17, 15) is 0 Å². The van der Waals surface area contributed by atoms with Crippen molar-refractivity contribution in [3.05, 3.63) is 0 Å². The van der Waals surface area contributed by atoms with Crippen molar-refractivity contribution in [3.63, 3.8) is 0 Å². The van der Waals surface area contributed by atoms with Gasteiger partial charge in [-0.15, -0.1) is 0 Å². The average molecular weight is 296 g/mol. The second-order valence-corrected chi connectivity index (χ2v) is 16.3. The van der Waals surface area contributed by atoms with E-state index in [1.807, 2.05) is 0 Å². The quantitative estimate of drug-likeness (QED) is 0.363. The molecule has 1 nitrogen and oxygen atoms in total. The van der Waals surface area contributed by atoms with Crippen molar-refractivity contribution in [1.29, 1.82) is 0 Å². The third kappa shape index (κ3) is 0.969. The predicted molar refractivity (Wildman–Crippen MR) is 55.0 cm³/mol. The zero-order chi connectivity index (χ0) is 9.91. The molecule has 13 heavy (non-hydrogen) atoms. The van der Waals surface area contributed by atoms with Crippen LogP contribution in [0.5, 0.6) is 0 Å². The summed E-state index contributed by atoms with van der Waals surface area (Å²) in [5.41, 5.74) is 0.547. The Labute approximate surface area is 86.6 Å². The molecular formula is C11H23IN-. The Morgan fingerprint density at radius 2 is 1.92 bits per heavy atom. The zero-order valence-corrected chi connectivity index (χ0v) is 11.7. The molecule has 0 radical (unpaired) electrons. The molecule has 0 aromatic carbocycles. The summed E-state index contributed by atoms with van der Waals surface area (Å²) in [5, 5.41) is 3.68. The molecule has 80 valence electrons. The Morgan fingerprint density at radius 3 is 2.23 bits per heavy atom. The Kier molecular flexibility index (Phi) is 2.06. The molecule has 0 aromatic heterocycles. The molecule has 0 amide bonds. The van der Waals surface area contributed by atoms with Crippen molar-refractivity contribution in [2.75, 3.05) is 20.8 Å². The fourth-order valence-corrected chi connectivity index (χ4v) is 16.9. The molecule has 2 fully saturated rings. The first-order valence-corrected chi connectivity index (χ1v) is 11.5. The summed E-state index contributed by atoms with van der Waals surface area (Å²) in [4.78, 5) is 2.65. The SMILES string of the molecule is CN[C@@]1(C)C(C)(C)C2CC[I-]1(C)C2. The van der Waals surface area contributed by atoms with E-state index in [-0.39, 0.29) is 0 Å². The van der Waals surface area contributed by atoms with Crippen molar-refractivity contribution in [2.45, 2.75) is 30.7 Å². The number of hydrogen-bond acceptors (Lipinski definition) is 1. The standard InChI is InChI=1S/C11H23IN/c1-10(2)9-6-7-12(4,8-9)11(10,3)13-5/h9,13H,6-8H2,1-5H3/q-1/t9?,11-/m0/s1. The Morgan fingerprint density at radius 1 is 1.31 bits per heavy atom. The molecule has 0 aliphatic carbocycles. The second-order valence-electron chi connectivity index (χ2n) is 5.48. The van der Waals surface area contributed by atoms with Gasteiger partial charge in [0.25, 0.3) is 0 Å². The van der Waals surface area contributed by atoms with Gasteiger partial charge in [0.15, 0.2) is 0 Å². The van der Waals surface area contributed by atoms with Gasteiger partial charge in [-0.2, -0.15) is 0 Å². The van der Waals surface area contributed by atoms with E-state index in [1.54, 1.807) is 8.86 Å². The minimum atomic E-state index is -1.44. The van der Waals surface area contributed by atoms with E-state index in [1.165, 1.54) is 6.42 Å². The molecule has 0 saturated carbocycles. The maximum absolute atomic E-state index is 3.68. The van der Waals surface area contributed by atoms with Gasteiger partial charge in [0, 0.05) is 0 Å². The van der Waals surface area contributed by atoms with Crippen LogP contribution in [-0.2, 0) is 0 Å². The van der Waals surface area contributed by atoms with Crippen LogP contribution in [0.3, 0.4) is 0 Å². The van der Waals surface area contributed by atoms with Crippen LogP contribution in [-0.4, -0.2) is 24.4 Å². The van der Waals surface area contributed by atoms with Gasteiger partial charge in [0.1, 0.15) is 0 Å². The van der Waals surface area contributed by atoms with E-state index in [0.717, 1.165) is 5.92 Å². The summed E-state index contributed by atoms with van der Waals surface area (Å²) in [5.74, 6) is 1.02. The Balaban J connectivity index is 2.45. The Bertz CT molecular complexity index is 231. The molecule has 2 heteroatoms. The van der Waals surface area contributed by atoms with Gasteiger partial charge in [-0.1, -0.05) is 0 Å². The van der Waals surface area contributed by atoms with Crippen molar-refractivity contribution >= 4 is 0 Å². The van der Waals surface area contributed by atoms with E-state index in [0.29, 0.717) is 8.96 Å². The topological polar surface area (TPSA) is 12.0 Å². The monoisotopic (exact) mass is 296 g/mol. The minimum absolute atomic E-state index is 0.516. The van der Waals surface area contributed by atoms with Crippen LogP contribution in [0.1, 0.15) is 27.2 Å². The van der Waals surface area contributed by atoms with E-state index >= 15 is 0 Å². The number of hydrogen-bond donors (Lipinski definition) is 1. The van der Waals surface area contributed by atoms with Gasteiger partial charge in [0.2, 0.25) is 0 Å². The third-order valence-corrected chi connectivity index (χ3v) is 18.2. The second kappa shape index (κ2) is 2.63. The van der Waals surface area contributed by atoms with Crippen LogP contribution in [0.4, 0.5) is 0 Å². The fourth-order valence-electron chi connectivity index (χ4n) is 3.36. The van der Waals surface area contributed by atoms with Gasteiger partial charge in [-0.25, -0.2) is 0 Å². The molecule has 3 atom stereocenters. The van der Waals surface area contributed by atoms with Crippen molar-refractivity contribution in [3.8, 4) is 0 Å². The van der Waals surface area contributed by atoms with Crippen LogP contribution in [0.15, 0.2) is 0 Å². The molecule has 2 aliphatic rings. The van der Waals surface area contributed by atoms with E-state index < -0.39 is 18.4 Å². The fraction of sp³-hybridized carbons (Fsp3) is 1.00. The van der Waals surface area contributed by atoms with Crippen molar-refractivity contribution in [2.24, 2.45) is 11.3 Å². The van der Waals surface area contributed by atoms with Crippen LogP contribution in [0, 0.1) is 11.3 Å². The summed E-state index contributed by atoms with van der Waals surface area (Å²) < 4.78 is 3.72. The van der Waals surface area contributed by atoms with Gasteiger partial charge >= 0.3 is 86.7 Å². The summed E-state index contributed by atoms with van der Waals surface area (Å²) >= 11 is -1.44. The molecule has 1 N–H and O–H groups in total. The number of rotatable bonds is 1. The van der Waals surface area contributed by atoms with Crippen molar-refractivity contribution in [1.82, 2.24) is 5.32 Å². The van der Waals surface area contributed by atoms with E-state index in [4.69, 9.17) is 0 Å². The molecule has 2 saturated heterocycles. The molecule has 2 unspecified atom stereocenters. The van der Waals surface area contributed by atoms with Crippen molar-refractivity contribution < 1.29 is 18.4 Å². The summed E-state index contributed by atoms with van der Waals surface area (Å²) in [6.45, 7) is 7.48. The summed E-state index contributed by atoms with van der Waals surface area (Å²) in [6, 6.07) is 0. The molecular weight excluding hydrogens is 273 g/mol. The normalized spacial score (nSPS) is 57.8. The van der Waals surface area contributed by atoms with Crippen LogP contribution in [0.25, 0.3) is 0 Å². The van der Waals surface area contributed by atoms with Crippen LogP contribution < -0.4 is 23.8 Å². The number of halogens is 1. The number of fused-ring (bicyclic) bond motifs is 2. The average Bonchev–Trinajstić information content (AvgIpc) is 2.51. The van der Waals surface area contributed by atoms with Gasteiger partial charge < -0.3 is 0 Å². The molecule has 2 heterocycles. The van der Waals surface area contributed by atoms with Crippen LogP contribution in [0.2, 0.25) is 0 Å². The first-order chi connectivity index (χ1) is 5.87. The van der Waals surface area contributed by atoms with E-state index in [2.05, 4.69) is 38.1 Å². The number of alkyl halides is 4. The molecule has 2 aliphatic heterocycles. The first-order valence-electron chi connectivity index (χ1n) is 5.21. The molecule has 0 aromatic rings. The first kappa shape index (κ1) is 10.2. The summed E-state index contributed by atoms with van der Waals surface area (Å²) in [6.07, 6.45) is 1.53. The van der Waals surface area contributed by atoms with Crippen LogP contribution >= 0.6 is 0 Å². The Hall–Kier alpha value is 0.690. The predicted octanol–water partition coefficient (Wildman–Crippen LogP) is -1.23. The maximum atomic E-state index is 3.68.